The molecule has 2 nitrogen and oxygen atoms in total. The lowest BCUT2D eigenvalue weighted by Gasteiger charge is -2.34. The van der Waals surface area contributed by atoms with Crippen LogP contribution in [0, 0.1) is 12.8 Å². The number of nitrogens with zero attached hydrogens (tertiary/aromatic N) is 1. The van der Waals surface area contributed by atoms with Crippen molar-refractivity contribution < 1.29 is 0 Å². The summed E-state index contributed by atoms with van der Waals surface area (Å²) in [7, 11) is 0. The largest absolute Gasteiger partial charge is 0.371 e. The fourth-order valence-electron chi connectivity index (χ4n) is 2.95. The molecule has 0 aliphatic heterocycles. The average Bonchev–Trinajstić information content (AvgIpc) is 2.39. The van der Waals surface area contributed by atoms with E-state index in [1.165, 1.54) is 49.0 Å². The number of anilines is 1. The standard InChI is InChI=1S/C18H30N2/c1-4-11-19-13-17-12-15(3)9-10-18(17)20(5-2)14-16-7-6-8-16/h9-10,12,16,19H,4-8,11,13-14H2,1-3H3. The molecule has 20 heavy (non-hydrogen) atoms. The van der Waals surface area contributed by atoms with Crippen molar-refractivity contribution >= 4 is 5.69 Å². The van der Waals surface area contributed by atoms with Gasteiger partial charge < -0.3 is 10.2 Å². The smallest absolute Gasteiger partial charge is 0.0412 e. The van der Waals surface area contributed by atoms with E-state index in [4.69, 9.17) is 0 Å². The Labute approximate surface area is 124 Å². The molecule has 2 heteroatoms. The second-order valence-corrected chi connectivity index (χ2v) is 6.14. The van der Waals surface area contributed by atoms with E-state index in [0.29, 0.717) is 0 Å². The van der Waals surface area contributed by atoms with E-state index < -0.39 is 0 Å². The molecule has 0 unspecified atom stereocenters. The highest BCUT2D eigenvalue weighted by Gasteiger charge is 2.21. The molecule has 0 radical (unpaired) electrons. The molecule has 1 saturated carbocycles. The van der Waals surface area contributed by atoms with Crippen molar-refractivity contribution in [3.63, 3.8) is 0 Å². The van der Waals surface area contributed by atoms with Gasteiger partial charge in [0.2, 0.25) is 0 Å². The van der Waals surface area contributed by atoms with Gasteiger partial charge in [-0.05, 0) is 57.2 Å². The molecule has 1 fully saturated rings. The first-order valence-corrected chi connectivity index (χ1v) is 8.29. The van der Waals surface area contributed by atoms with Crippen LogP contribution in [0.4, 0.5) is 5.69 Å². The van der Waals surface area contributed by atoms with Gasteiger partial charge in [-0.1, -0.05) is 31.0 Å². The summed E-state index contributed by atoms with van der Waals surface area (Å²) in [6.45, 7) is 11.1. The van der Waals surface area contributed by atoms with Crippen LogP contribution in [0.2, 0.25) is 0 Å². The third-order valence-electron chi connectivity index (χ3n) is 4.40. The minimum Gasteiger partial charge on any atom is -0.371 e. The summed E-state index contributed by atoms with van der Waals surface area (Å²) in [6.07, 6.45) is 5.47. The monoisotopic (exact) mass is 274 g/mol. The molecule has 1 N–H and O–H groups in total. The van der Waals surface area contributed by atoms with Crippen LogP contribution in [0.3, 0.4) is 0 Å². The van der Waals surface area contributed by atoms with Gasteiger partial charge in [0.05, 0.1) is 0 Å². The van der Waals surface area contributed by atoms with Crippen molar-refractivity contribution in [2.24, 2.45) is 5.92 Å². The zero-order valence-corrected chi connectivity index (χ0v) is 13.4. The minimum atomic E-state index is 0.924. The molecular formula is C18H30N2. The van der Waals surface area contributed by atoms with Crippen LogP contribution >= 0.6 is 0 Å². The number of hydrogen-bond donors (Lipinski definition) is 1. The fourth-order valence-corrected chi connectivity index (χ4v) is 2.95. The van der Waals surface area contributed by atoms with Crippen LogP contribution in [0.5, 0.6) is 0 Å². The molecule has 0 spiro atoms. The predicted molar refractivity (Wildman–Crippen MR) is 88.4 cm³/mol. The van der Waals surface area contributed by atoms with Crippen molar-refractivity contribution in [3.05, 3.63) is 29.3 Å². The van der Waals surface area contributed by atoms with Crippen LogP contribution in [0.1, 0.15) is 50.7 Å². The molecule has 1 aliphatic rings. The van der Waals surface area contributed by atoms with Crippen LogP contribution in [-0.4, -0.2) is 19.6 Å². The van der Waals surface area contributed by atoms with E-state index in [2.05, 4.69) is 49.2 Å². The van der Waals surface area contributed by atoms with Gasteiger partial charge in [-0.25, -0.2) is 0 Å². The first kappa shape index (κ1) is 15.4. The normalized spacial score (nSPS) is 15.2. The van der Waals surface area contributed by atoms with Crippen molar-refractivity contribution in [2.75, 3.05) is 24.5 Å². The summed E-state index contributed by atoms with van der Waals surface area (Å²) < 4.78 is 0. The fraction of sp³-hybridized carbons (Fsp3) is 0.667. The van der Waals surface area contributed by atoms with E-state index in [1.54, 1.807) is 0 Å². The molecule has 1 aromatic carbocycles. The first-order valence-electron chi connectivity index (χ1n) is 8.29. The Morgan fingerprint density at radius 3 is 2.65 bits per heavy atom. The zero-order valence-electron chi connectivity index (χ0n) is 13.4. The summed E-state index contributed by atoms with van der Waals surface area (Å²) >= 11 is 0. The SMILES string of the molecule is CCCNCc1cc(C)ccc1N(CC)CC1CCC1. The third-order valence-corrected chi connectivity index (χ3v) is 4.40. The summed E-state index contributed by atoms with van der Waals surface area (Å²) in [5.74, 6) is 0.924. The molecule has 0 aromatic heterocycles. The van der Waals surface area contributed by atoms with E-state index in [1.807, 2.05) is 0 Å². The maximum Gasteiger partial charge on any atom is 0.0412 e. The van der Waals surface area contributed by atoms with Crippen LogP contribution in [0.15, 0.2) is 18.2 Å². The Bertz CT molecular complexity index is 410. The molecule has 0 atom stereocenters. The Kier molecular flexibility index (Phi) is 5.90. The minimum absolute atomic E-state index is 0.924. The molecule has 1 aliphatic carbocycles. The molecule has 0 bridgehead atoms. The van der Waals surface area contributed by atoms with Crippen LogP contribution in [0.25, 0.3) is 0 Å². The van der Waals surface area contributed by atoms with Gasteiger partial charge in [0.1, 0.15) is 0 Å². The van der Waals surface area contributed by atoms with Gasteiger partial charge in [-0.2, -0.15) is 0 Å². The number of aryl methyl sites for hydroxylation is 1. The van der Waals surface area contributed by atoms with Crippen molar-refractivity contribution in [1.82, 2.24) is 5.32 Å². The molecular weight excluding hydrogens is 244 g/mol. The predicted octanol–water partition coefficient (Wildman–Crippen LogP) is 4.12. The second kappa shape index (κ2) is 7.68. The van der Waals surface area contributed by atoms with Crippen molar-refractivity contribution in [1.29, 1.82) is 0 Å². The molecule has 112 valence electrons. The van der Waals surface area contributed by atoms with Crippen LogP contribution < -0.4 is 10.2 Å². The molecule has 0 amide bonds. The summed E-state index contributed by atoms with van der Waals surface area (Å²) in [6, 6.07) is 6.92. The lowest BCUT2D eigenvalue weighted by atomic mass is 9.85. The Hall–Kier alpha value is -1.02. The number of hydrogen-bond acceptors (Lipinski definition) is 2. The molecule has 2 rings (SSSR count). The lowest BCUT2D eigenvalue weighted by Crippen LogP contribution is -2.33. The summed E-state index contributed by atoms with van der Waals surface area (Å²) in [5.41, 5.74) is 4.26. The van der Waals surface area contributed by atoms with E-state index in [0.717, 1.165) is 25.6 Å². The number of rotatable bonds is 8. The van der Waals surface area contributed by atoms with E-state index in [9.17, 15) is 0 Å². The first-order chi connectivity index (χ1) is 9.74. The molecule has 0 saturated heterocycles. The highest BCUT2D eigenvalue weighted by atomic mass is 15.1. The van der Waals surface area contributed by atoms with Gasteiger partial charge in [0.25, 0.3) is 0 Å². The third kappa shape index (κ3) is 3.99. The van der Waals surface area contributed by atoms with Gasteiger partial charge in [-0.15, -0.1) is 0 Å². The second-order valence-electron chi connectivity index (χ2n) is 6.14. The van der Waals surface area contributed by atoms with Gasteiger partial charge in [0, 0.05) is 25.3 Å². The number of nitrogens with one attached hydrogen (secondary N) is 1. The highest BCUT2D eigenvalue weighted by Crippen LogP contribution is 2.30. The maximum atomic E-state index is 3.55. The molecule has 1 aromatic rings. The summed E-state index contributed by atoms with van der Waals surface area (Å²) in [4.78, 5) is 2.58. The van der Waals surface area contributed by atoms with E-state index in [-0.39, 0.29) is 0 Å². The Balaban J connectivity index is 2.09. The number of benzene rings is 1. The van der Waals surface area contributed by atoms with Crippen molar-refractivity contribution in [2.45, 2.75) is 53.0 Å². The highest BCUT2D eigenvalue weighted by molar-refractivity contribution is 5.55. The van der Waals surface area contributed by atoms with Gasteiger partial charge >= 0.3 is 0 Å². The molecule has 0 heterocycles. The van der Waals surface area contributed by atoms with Gasteiger partial charge in [0.15, 0.2) is 0 Å². The quantitative estimate of drug-likeness (QED) is 0.717. The topological polar surface area (TPSA) is 15.3 Å². The lowest BCUT2D eigenvalue weighted by molar-refractivity contribution is 0.318. The van der Waals surface area contributed by atoms with Crippen molar-refractivity contribution in [3.8, 4) is 0 Å². The maximum absolute atomic E-state index is 3.55. The summed E-state index contributed by atoms with van der Waals surface area (Å²) in [5, 5.41) is 3.55. The van der Waals surface area contributed by atoms with Gasteiger partial charge in [-0.3, -0.25) is 0 Å². The van der Waals surface area contributed by atoms with Crippen LogP contribution in [-0.2, 0) is 6.54 Å². The Morgan fingerprint density at radius 2 is 2.05 bits per heavy atom. The average molecular weight is 274 g/mol. The Morgan fingerprint density at radius 1 is 1.25 bits per heavy atom. The van der Waals surface area contributed by atoms with E-state index >= 15 is 0 Å². The zero-order chi connectivity index (χ0) is 14.4.